The molecule has 2 nitrogen and oxygen atoms in total. The summed E-state index contributed by atoms with van der Waals surface area (Å²) >= 11 is 0. The first-order chi connectivity index (χ1) is 9.67. The van der Waals surface area contributed by atoms with Gasteiger partial charge in [-0.2, -0.15) is 0 Å². The third kappa shape index (κ3) is 4.08. The summed E-state index contributed by atoms with van der Waals surface area (Å²) in [6, 6.07) is 10.2. The van der Waals surface area contributed by atoms with Crippen molar-refractivity contribution in [1.82, 2.24) is 0 Å². The van der Waals surface area contributed by atoms with Crippen LogP contribution in [-0.2, 0) is 6.61 Å². The molecule has 102 valence electrons. The predicted molar refractivity (Wildman–Crippen MR) is 71.1 cm³/mol. The van der Waals surface area contributed by atoms with Crippen LogP contribution in [0.25, 0.3) is 0 Å². The van der Waals surface area contributed by atoms with Crippen molar-refractivity contribution in [3.63, 3.8) is 0 Å². The molecule has 0 aromatic heterocycles. The summed E-state index contributed by atoms with van der Waals surface area (Å²) in [6.45, 7) is -0.111. The minimum absolute atomic E-state index is 0.0797. The van der Waals surface area contributed by atoms with Gasteiger partial charge in [-0.25, -0.2) is 8.78 Å². The first-order valence-electron chi connectivity index (χ1n) is 5.95. The molecule has 0 spiro atoms. The number of hydrogen-bond acceptors (Lipinski definition) is 2. The zero-order valence-corrected chi connectivity index (χ0v) is 10.6. The molecule has 0 fully saturated rings. The molecule has 0 heterocycles. The summed E-state index contributed by atoms with van der Waals surface area (Å²) in [5, 5.41) is 8.58. The van der Waals surface area contributed by atoms with E-state index in [1.54, 1.807) is 24.3 Å². The Labute approximate surface area is 115 Å². The molecule has 0 atom stereocenters. The van der Waals surface area contributed by atoms with Gasteiger partial charge in [0.05, 0.1) is 0 Å². The second-order valence-corrected chi connectivity index (χ2v) is 4.05. The highest BCUT2D eigenvalue weighted by atomic mass is 19.1. The lowest BCUT2D eigenvalue weighted by Crippen LogP contribution is -1.97. The Morgan fingerprint density at radius 1 is 1.00 bits per heavy atom. The fraction of sp³-hybridized carbons (Fsp3) is 0.125. The molecule has 0 saturated carbocycles. The van der Waals surface area contributed by atoms with Crippen LogP contribution in [0.4, 0.5) is 8.78 Å². The van der Waals surface area contributed by atoms with Crippen molar-refractivity contribution in [3.05, 3.63) is 65.2 Å². The van der Waals surface area contributed by atoms with Crippen molar-refractivity contribution in [2.45, 2.75) is 6.61 Å². The fourth-order valence-electron chi connectivity index (χ4n) is 1.64. The van der Waals surface area contributed by atoms with E-state index in [0.29, 0.717) is 11.3 Å². The molecule has 0 unspecified atom stereocenters. The van der Waals surface area contributed by atoms with Crippen LogP contribution in [0.1, 0.15) is 11.1 Å². The third-order valence-corrected chi connectivity index (χ3v) is 2.49. The van der Waals surface area contributed by atoms with Crippen molar-refractivity contribution < 1.29 is 18.6 Å². The average Bonchev–Trinajstić information content (AvgIpc) is 2.43. The van der Waals surface area contributed by atoms with Gasteiger partial charge in [-0.05, 0) is 42.0 Å². The van der Waals surface area contributed by atoms with Gasteiger partial charge in [0.15, 0.2) is 0 Å². The molecule has 0 aliphatic carbocycles. The van der Waals surface area contributed by atoms with Crippen molar-refractivity contribution in [2.75, 3.05) is 6.61 Å². The van der Waals surface area contributed by atoms with Crippen molar-refractivity contribution in [3.8, 4) is 17.6 Å². The molecule has 0 saturated heterocycles. The Morgan fingerprint density at radius 2 is 1.65 bits per heavy atom. The number of hydrogen-bond donors (Lipinski definition) is 1. The van der Waals surface area contributed by atoms with Gasteiger partial charge in [-0.3, -0.25) is 0 Å². The summed E-state index contributed by atoms with van der Waals surface area (Å²) in [5.41, 5.74) is 1.18. The third-order valence-electron chi connectivity index (χ3n) is 2.49. The molecule has 0 radical (unpaired) electrons. The molecule has 2 rings (SSSR count). The molecule has 2 aromatic rings. The summed E-state index contributed by atoms with van der Waals surface area (Å²) in [7, 11) is 0. The van der Waals surface area contributed by atoms with E-state index in [1.165, 1.54) is 12.1 Å². The summed E-state index contributed by atoms with van der Waals surface area (Å²) < 4.78 is 31.4. The van der Waals surface area contributed by atoms with Crippen LogP contribution in [-0.4, -0.2) is 11.7 Å². The average molecular weight is 274 g/mol. The highest BCUT2D eigenvalue weighted by Gasteiger charge is 2.01. The molecule has 0 aliphatic rings. The van der Waals surface area contributed by atoms with E-state index >= 15 is 0 Å². The van der Waals surface area contributed by atoms with Crippen LogP contribution in [0.5, 0.6) is 5.75 Å². The van der Waals surface area contributed by atoms with Gasteiger partial charge in [0, 0.05) is 11.6 Å². The van der Waals surface area contributed by atoms with Gasteiger partial charge in [-0.1, -0.05) is 11.8 Å². The maximum atomic E-state index is 13.0. The summed E-state index contributed by atoms with van der Waals surface area (Å²) in [4.78, 5) is 0. The van der Waals surface area contributed by atoms with Gasteiger partial charge in [0.2, 0.25) is 0 Å². The van der Waals surface area contributed by atoms with Crippen LogP contribution in [0.15, 0.2) is 42.5 Å². The number of benzene rings is 2. The molecule has 2 aromatic carbocycles. The molecular formula is C16H12F2O2. The van der Waals surface area contributed by atoms with Gasteiger partial charge in [0.1, 0.15) is 30.6 Å². The van der Waals surface area contributed by atoms with Gasteiger partial charge < -0.3 is 9.84 Å². The van der Waals surface area contributed by atoms with E-state index in [0.717, 1.165) is 11.6 Å². The number of halogens is 2. The highest BCUT2D eigenvalue weighted by Crippen LogP contribution is 2.15. The number of ether oxygens (including phenoxy) is 1. The summed E-state index contributed by atoms with van der Waals surface area (Å²) in [5.74, 6) is 4.61. The molecule has 0 aliphatic heterocycles. The van der Waals surface area contributed by atoms with E-state index in [-0.39, 0.29) is 13.2 Å². The van der Waals surface area contributed by atoms with Gasteiger partial charge >= 0.3 is 0 Å². The molecule has 20 heavy (non-hydrogen) atoms. The van der Waals surface area contributed by atoms with E-state index in [4.69, 9.17) is 9.84 Å². The monoisotopic (exact) mass is 274 g/mol. The predicted octanol–water partition coefficient (Wildman–Crippen LogP) is 2.89. The minimum Gasteiger partial charge on any atom is -0.489 e. The van der Waals surface area contributed by atoms with E-state index in [1.807, 2.05) is 0 Å². The number of aliphatic hydroxyl groups is 1. The SMILES string of the molecule is OCC#Cc1ccc(OCc2cc(F)cc(F)c2)cc1. The highest BCUT2D eigenvalue weighted by molar-refractivity contribution is 5.38. The smallest absolute Gasteiger partial charge is 0.126 e. The lowest BCUT2D eigenvalue weighted by atomic mass is 10.2. The number of aliphatic hydroxyl groups excluding tert-OH is 1. The minimum atomic E-state index is -0.627. The Kier molecular flexibility index (Phi) is 4.70. The quantitative estimate of drug-likeness (QED) is 0.872. The zero-order chi connectivity index (χ0) is 14.4. The Hall–Kier alpha value is -2.38. The standard InChI is InChI=1S/C16H12F2O2/c17-14-8-13(9-15(18)10-14)11-20-16-5-3-12(4-6-16)2-1-7-19/h3-6,8-10,19H,7,11H2. The van der Waals surface area contributed by atoms with Crippen molar-refractivity contribution in [2.24, 2.45) is 0 Å². The first-order valence-corrected chi connectivity index (χ1v) is 5.95. The molecular weight excluding hydrogens is 262 g/mol. The maximum absolute atomic E-state index is 13.0. The maximum Gasteiger partial charge on any atom is 0.126 e. The van der Waals surface area contributed by atoms with Gasteiger partial charge in [-0.15, -0.1) is 0 Å². The van der Waals surface area contributed by atoms with E-state index in [9.17, 15) is 8.78 Å². The molecule has 0 amide bonds. The van der Waals surface area contributed by atoms with Crippen LogP contribution in [0.3, 0.4) is 0 Å². The van der Waals surface area contributed by atoms with Crippen LogP contribution >= 0.6 is 0 Å². The Balaban J connectivity index is 2.00. The van der Waals surface area contributed by atoms with Crippen LogP contribution in [0.2, 0.25) is 0 Å². The molecule has 1 N–H and O–H groups in total. The topological polar surface area (TPSA) is 29.5 Å². The largest absolute Gasteiger partial charge is 0.489 e. The Morgan fingerprint density at radius 3 is 2.25 bits per heavy atom. The van der Waals surface area contributed by atoms with E-state index in [2.05, 4.69) is 11.8 Å². The van der Waals surface area contributed by atoms with Crippen molar-refractivity contribution in [1.29, 1.82) is 0 Å². The fourth-order valence-corrected chi connectivity index (χ4v) is 1.64. The number of rotatable bonds is 3. The van der Waals surface area contributed by atoms with Crippen molar-refractivity contribution >= 4 is 0 Å². The normalized spacial score (nSPS) is 9.75. The zero-order valence-electron chi connectivity index (χ0n) is 10.6. The molecule has 0 bridgehead atoms. The lowest BCUT2D eigenvalue weighted by molar-refractivity contribution is 0.305. The van der Waals surface area contributed by atoms with Crippen LogP contribution in [0, 0.1) is 23.5 Å². The Bertz CT molecular complexity index is 620. The molecule has 4 heteroatoms. The first kappa shape index (κ1) is 14.0. The lowest BCUT2D eigenvalue weighted by Gasteiger charge is -2.06. The summed E-state index contributed by atoms with van der Waals surface area (Å²) in [6.07, 6.45) is 0. The van der Waals surface area contributed by atoms with Gasteiger partial charge in [0.25, 0.3) is 0 Å². The second-order valence-electron chi connectivity index (χ2n) is 4.05. The second kappa shape index (κ2) is 6.69. The van der Waals surface area contributed by atoms with Crippen LogP contribution < -0.4 is 4.74 Å². The van der Waals surface area contributed by atoms with E-state index < -0.39 is 11.6 Å².